The molecule has 0 bridgehead atoms. The van der Waals surface area contributed by atoms with Crippen molar-refractivity contribution in [3.8, 4) is 0 Å². The van der Waals surface area contributed by atoms with Gasteiger partial charge in [-0.1, -0.05) is 13.0 Å². The Labute approximate surface area is 111 Å². The summed E-state index contributed by atoms with van der Waals surface area (Å²) < 4.78 is 0. The highest BCUT2D eigenvalue weighted by atomic mass is 32.2. The molecule has 0 unspecified atom stereocenters. The van der Waals surface area contributed by atoms with Gasteiger partial charge in [-0.05, 0) is 18.6 Å². The van der Waals surface area contributed by atoms with Crippen molar-refractivity contribution in [1.29, 1.82) is 0 Å². The van der Waals surface area contributed by atoms with Crippen LogP contribution >= 0.6 is 11.8 Å². The number of hydrogen-bond acceptors (Lipinski definition) is 4. The monoisotopic (exact) mass is 272 g/mol. The Balaban J connectivity index is 2.87. The Morgan fingerprint density at radius 3 is 2.78 bits per heavy atom. The van der Waals surface area contributed by atoms with Crippen LogP contribution in [0.3, 0.4) is 0 Å². The van der Waals surface area contributed by atoms with E-state index in [1.54, 1.807) is 17.8 Å². The zero-order valence-electron chi connectivity index (χ0n) is 10.7. The molecule has 1 aliphatic carbocycles. The molecule has 5 nitrogen and oxygen atoms in total. The van der Waals surface area contributed by atoms with E-state index in [9.17, 15) is 9.59 Å². The maximum atomic E-state index is 11.2. The van der Waals surface area contributed by atoms with Crippen LogP contribution in [0.5, 0.6) is 0 Å². The minimum atomic E-state index is -0.922. The molecule has 0 aliphatic heterocycles. The fraction of sp³-hybridized carbons (Fsp3) is 0.667. The second kappa shape index (κ2) is 6.80. The van der Waals surface area contributed by atoms with Gasteiger partial charge in [0.2, 0.25) is 5.91 Å². The first kappa shape index (κ1) is 15.0. The minimum Gasteiger partial charge on any atom is -0.478 e. The van der Waals surface area contributed by atoms with Crippen LogP contribution in [0.15, 0.2) is 11.6 Å². The van der Waals surface area contributed by atoms with E-state index in [1.165, 1.54) is 6.92 Å². The Hall–Kier alpha value is -1.01. The summed E-state index contributed by atoms with van der Waals surface area (Å²) in [5.74, 6) is -0.143. The van der Waals surface area contributed by atoms with Crippen LogP contribution in [-0.2, 0) is 9.59 Å². The number of aliphatic carboxylic acids is 1. The summed E-state index contributed by atoms with van der Waals surface area (Å²) in [5.41, 5.74) is 6.33. The van der Waals surface area contributed by atoms with E-state index >= 15 is 0 Å². The lowest BCUT2D eigenvalue weighted by atomic mass is 9.90. The molecule has 6 heteroatoms. The van der Waals surface area contributed by atoms with Gasteiger partial charge in [-0.3, -0.25) is 4.79 Å². The smallest absolute Gasteiger partial charge is 0.331 e. The number of carboxylic acids is 1. The van der Waals surface area contributed by atoms with Gasteiger partial charge in [0.15, 0.2) is 0 Å². The summed E-state index contributed by atoms with van der Waals surface area (Å²) in [6, 6.07) is -0.540. The predicted octanol–water partition coefficient (Wildman–Crippen LogP) is 0.745. The Bertz CT molecular complexity index is 357. The first-order valence-electron chi connectivity index (χ1n) is 6.04. The number of carbonyl (C=O) groups excluding carboxylic acids is 1. The summed E-state index contributed by atoms with van der Waals surface area (Å²) in [6.45, 7) is 3.51. The topological polar surface area (TPSA) is 92.4 Å². The van der Waals surface area contributed by atoms with Gasteiger partial charge in [-0.2, -0.15) is 11.8 Å². The largest absolute Gasteiger partial charge is 0.478 e. The van der Waals surface area contributed by atoms with Gasteiger partial charge in [0.1, 0.15) is 0 Å². The lowest BCUT2D eigenvalue weighted by molar-refractivity contribution is -0.132. The van der Waals surface area contributed by atoms with Crippen molar-refractivity contribution in [3.05, 3.63) is 11.6 Å². The zero-order chi connectivity index (χ0) is 13.7. The Morgan fingerprint density at radius 2 is 2.28 bits per heavy atom. The van der Waals surface area contributed by atoms with Crippen molar-refractivity contribution in [2.45, 2.75) is 44.0 Å². The molecule has 1 aliphatic rings. The molecule has 0 aromatic heterocycles. The predicted molar refractivity (Wildman–Crippen MR) is 72.5 cm³/mol. The molecule has 0 aromatic rings. The van der Waals surface area contributed by atoms with E-state index in [-0.39, 0.29) is 23.2 Å². The van der Waals surface area contributed by atoms with Crippen molar-refractivity contribution < 1.29 is 14.7 Å². The van der Waals surface area contributed by atoms with E-state index in [0.29, 0.717) is 12.0 Å². The number of hydrogen-bond donors (Lipinski definition) is 3. The summed E-state index contributed by atoms with van der Waals surface area (Å²) in [6.07, 6.45) is 3.02. The first-order valence-corrected chi connectivity index (χ1v) is 7.08. The minimum absolute atomic E-state index is 0.0660. The molecule has 0 aromatic carbocycles. The average Bonchev–Trinajstić information content (AvgIpc) is 2.28. The van der Waals surface area contributed by atoms with Crippen LogP contribution in [0.2, 0.25) is 0 Å². The van der Waals surface area contributed by atoms with Crippen LogP contribution in [0.25, 0.3) is 0 Å². The summed E-state index contributed by atoms with van der Waals surface area (Å²) >= 11 is 1.64. The van der Waals surface area contributed by atoms with Crippen LogP contribution in [0.1, 0.15) is 26.7 Å². The maximum Gasteiger partial charge on any atom is 0.331 e. The Kier molecular flexibility index (Phi) is 5.68. The molecule has 102 valence electrons. The standard InChI is InChI=1S/C12H20N2O3S/c1-3-4-18-10-6-8(12(16)17)5-9(13)11(10)14-7(2)15/h6,9-11H,3-5,13H2,1-2H3,(H,14,15)(H,16,17)/t9-,10+,11+/m0/s1. The molecule has 0 heterocycles. The molecule has 18 heavy (non-hydrogen) atoms. The summed E-state index contributed by atoms with van der Waals surface area (Å²) in [7, 11) is 0. The number of rotatable bonds is 5. The van der Waals surface area contributed by atoms with Crippen LogP contribution in [-0.4, -0.2) is 40.1 Å². The number of carboxylic acid groups (broad SMARTS) is 1. The van der Waals surface area contributed by atoms with Gasteiger partial charge >= 0.3 is 5.97 Å². The molecule has 4 N–H and O–H groups in total. The van der Waals surface area contributed by atoms with Crippen molar-refractivity contribution >= 4 is 23.6 Å². The van der Waals surface area contributed by atoms with Crippen molar-refractivity contribution in [2.24, 2.45) is 5.73 Å². The summed E-state index contributed by atoms with van der Waals surface area (Å²) in [4.78, 5) is 22.2. The molecule has 0 spiro atoms. The van der Waals surface area contributed by atoms with Gasteiger partial charge < -0.3 is 16.2 Å². The molecule has 3 atom stereocenters. The molecule has 0 fully saturated rings. The molecular weight excluding hydrogens is 252 g/mol. The number of nitrogens with two attached hydrogens (primary N) is 1. The van der Waals surface area contributed by atoms with Gasteiger partial charge in [-0.25, -0.2) is 4.79 Å². The van der Waals surface area contributed by atoms with Gasteiger partial charge in [0.25, 0.3) is 0 Å². The quantitative estimate of drug-likeness (QED) is 0.686. The van der Waals surface area contributed by atoms with Crippen molar-refractivity contribution in [3.63, 3.8) is 0 Å². The molecule has 1 amide bonds. The van der Waals surface area contributed by atoms with Crippen LogP contribution in [0, 0.1) is 0 Å². The number of nitrogens with one attached hydrogen (secondary N) is 1. The first-order chi connectivity index (χ1) is 8.45. The van der Waals surface area contributed by atoms with Gasteiger partial charge in [-0.15, -0.1) is 0 Å². The van der Waals surface area contributed by atoms with Crippen LogP contribution in [0.4, 0.5) is 0 Å². The molecule has 0 saturated heterocycles. The molecule has 0 saturated carbocycles. The fourth-order valence-corrected chi connectivity index (χ4v) is 3.23. The number of thioether (sulfide) groups is 1. The van der Waals surface area contributed by atoms with Gasteiger partial charge in [0, 0.05) is 23.8 Å². The Morgan fingerprint density at radius 1 is 1.61 bits per heavy atom. The number of amides is 1. The third kappa shape index (κ3) is 4.03. The van der Waals surface area contributed by atoms with Gasteiger partial charge in [0.05, 0.1) is 6.04 Å². The van der Waals surface area contributed by atoms with E-state index < -0.39 is 5.97 Å². The average molecular weight is 272 g/mol. The molecule has 0 radical (unpaired) electrons. The lowest BCUT2D eigenvalue weighted by Crippen LogP contribution is -2.54. The van der Waals surface area contributed by atoms with E-state index in [2.05, 4.69) is 12.2 Å². The fourth-order valence-electron chi connectivity index (χ4n) is 1.98. The second-order valence-electron chi connectivity index (χ2n) is 4.43. The van der Waals surface area contributed by atoms with E-state index in [1.807, 2.05) is 0 Å². The maximum absolute atomic E-state index is 11.2. The SMILES string of the molecule is CCCS[C@@H]1C=C(C(=O)O)C[C@H](N)[C@H]1NC(C)=O. The third-order valence-corrected chi connectivity index (χ3v) is 4.25. The normalized spacial score (nSPS) is 27.5. The third-order valence-electron chi connectivity index (χ3n) is 2.80. The van der Waals surface area contributed by atoms with Crippen molar-refractivity contribution in [1.82, 2.24) is 5.32 Å². The van der Waals surface area contributed by atoms with E-state index in [4.69, 9.17) is 10.8 Å². The molecular formula is C12H20N2O3S. The summed E-state index contributed by atoms with van der Waals surface area (Å²) in [5, 5.41) is 11.8. The molecule has 1 rings (SSSR count). The zero-order valence-corrected chi connectivity index (χ0v) is 11.5. The second-order valence-corrected chi connectivity index (χ2v) is 5.71. The highest BCUT2D eigenvalue weighted by molar-refractivity contribution is 8.00. The van der Waals surface area contributed by atoms with Crippen LogP contribution < -0.4 is 11.1 Å². The highest BCUT2D eigenvalue weighted by Crippen LogP contribution is 2.27. The van der Waals surface area contributed by atoms with E-state index in [0.717, 1.165) is 12.2 Å². The van der Waals surface area contributed by atoms with Crippen molar-refractivity contribution in [2.75, 3.05) is 5.75 Å². The highest BCUT2D eigenvalue weighted by Gasteiger charge is 2.33. The number of carbonyl (C=O) groups is 2. The lowest BCUT2D eigenvalue weighted by Gasteiger charge is -2.34.